The van der Waals surface area contributed by atoms with E-state index in [-0.39, 0.29) is 0 Å². The molecular weight excluding hydrogens is 366 g/mol. The molecule has 0 bridgehead atoms. The molecule has 0 aliphatic rings. The molecule has 0 aliphatic heterocycles. The van der Waals surface area contributed by atoms with Gasteiger partial charge in [-0.15, -0.1) is 11.3 Å². The molecule has 2 heterocycles. The van der Waals surface area contributed by atoms with Gasteiger partial charge in [-0.2, -0.15) is 0 Å². The molecule has 3 aromatic rings. The molecule has 7 heteroatoms. The maximum atomic E-state index is 5.98. The maximum Gasteiger partial charge on any atom is 0.188 e. The number of aryl methyl sites for hydroxylation is 1. The quantitative estimate of drug-likeness (QED) is 0.321. The number of fused-ring (bicyclic) bond motifs is 1. The fraction of sp³-hybridized carbons (Fsp3) is 0.188. The van der Waals surface area contributed by atoms with E-state index in [0.717, 1.165) is 37.2 Å². The van der Waals surface area contributed by atoms with Gasteiger partial charge in [0.1, 0.15) is 0 Å². The predicted molar refractivity (Wildman–Crippen MR) is 102 cm³/mol. The number of benzene rings is 1. The third-order valence-electron chi connectivity index (χ3n) is 2.88. The summed E-state index contributed by atoms with van der Waals surface area (Å²) in [6.45, 7) is 1.98. The first-order chi connectivity index (χ1) is 11.2. The van der Waals surface area contributed by atoms with Crippen molar-refractivity contribution in [2.75, 3.05) is 11.5 Å². The molecule has 3 rings (SSSR count). The van der Waals surface area contributed by atoms with Gasteiger partial charge in [0.05, 0.1) is 10.2 Å². The Morgan fingerprint density at radius 3 is 2.78 bits per heavy atom. The zero-order valence-electron chi connectivity index (χ0n) is 12.4. The van der Waals surface area contributed by atoms with Crippen molar-refractivity contribution >= 4 is 56.7 Å². The van der Waals surface area contributed by atoms with Crippen LogP contribution in [0.4, 0.5) is 0 Å². The van der Waals surface area contributed by atoms with Crippen LogP contribution in [0.2, 0.25) is 5.02 Å². The standard InChI is InChI=1S/C16H14ClN3S3/c1-11-6-7-18-15(19-11)21-8-2-3-9-22-16-20-13-10-12(17)4-5-14(13)23-16/h2-7,10H,8-9H2,1H3/b3-2+. The number of aromatic nitrogens is 3. The van der Waals surface area contributed by atoms with Crippen LogP contribution in [0.5, 0.6) is 0 Å². The summed E-state index contributed by atoms with van der Waals surface area (Å²) >= 11 is 11.1. The second kappa shape index (κ2) is 8.15. The summed E-state index contributed by atoms with van der Waals surface area (Å²) in [7, 11) is 0. The Labute approximate surface area is 152 Å². The topological polar surface area (TPSA) is 38.7 Å². The minimum absolute atomic E-state index is 0.731. The molecule has 0 N–H and O–H groups in total. The van der Waals surface area contributed by atoms with Crippen molar-refractivity contribution in [1.82, 2.24) is 15.0 Å². The minimum Gasteiger partial charge on any atom is -0.231 e. The number of rotatable bonds is 6. The van der Waals surface area contributed by atoms with E-state index in [2.05, 4.69) is 27.1 Å². The van der Waals surface area contributed by atoms with Gasteiger partial charge >= 0.3 is 0 Å². The average molecular weight is 380 g/mol. The van der Waals surface area contributed by atoms with Gasteiger partial charge in [-0.25, -0.2) is 15.0 Å². The molecule has 2 aromatic heterocycles. The van der Waals surface area contributed by atoms with Crippen LogP contribution >= 0.6 is 46.5 Å². The number of halogens is 1. The molecule has 0 spiro atoms. The van der Waals surface area contributed by atoms with Gasteiger partial charge in [0.25, 0.3) is 0 Å². The van der Waals surface area contributed by atoms with E-state index in [4.69, 9.17) is 11.6 Å². The fourth-order valence-electron chi connectivity index (χ4n) is 1.81. The Hall–Kier alpha value is -1.08. The first-order valence-electron chi connectivity index (χ1n) is 6.97. The highest BCUT2D eigenvalue weighted by Crippen LogP contribution is 2.31. The van der Waals surface area contributed by atoms with Gasteiger partial charge in [0.2, 0.25) is 0 Å². The lowest BCUT2D eigenvalue weighted by atomic mass is 10.3. The highest BCUT2D eigenvalue weighted by molar-refractivity contribution is 8.01. The zero-order valence-corrected chi connectivity index (χ0v) is 15.6. The van der Waals surface area contributed by atoms with Crippen molar-refractivity contribution in [2.45, 2.75) is 16.4 Å². The Morgan fingerprint density at radius 2 is 1.96 bits per heavy atom. The van der Waals surface area contributed by atoms with Crippen molar-refractivity contribution in [1.29, 1.82) is 0 Å². The largest absolute Gasteiger partial charge is 0.231 e. The van der Waals surface area contributed by atoms with Crippen LogP contribution in [0.15, 0.2) is 52.1 Å². The van der Waals surface area contributed by atoms with Crippen molar-refractivity contribution in [3.8, 4) is 0 Å². The molecule has 118 valence electrons. The first-order valence-corrected chi connectivity index (χ1v) is 10.1. The molecule has 0 fully saturated rings. The van der Waals surface area contributed by atoms with Crippen LogP contribution in [0.1, 0.15) is 5.69 Å². The molecule has 0 aliphatic carbocycles. The molecule has 0 saturated heterocycles. The summed E-state index contributed by atoms with van der Waals surface area (Å²) in [5.74, 6) is 1.78. The second-order valence-corrected chi connectivity index (χ2v) is 8.39. The zero-order chi connectivity index (χ0) is 16.1. The third-order valence-corrected chi connectivity index (χ3v) is 6.06. The van der Waals surface area contributed by atoms with E-state index < -0.39 is 0 Å². The van der Waals surface area contributed by atoms with Gasteiger partial charge in [0, 0.05) is 28.4 Å². The van der Waals surface area contributed by atoms with Crippen LogP contribution in [-0.2, 0) is 0 Å². The van der Waals surface area contributed by atoms with E-state index in [1.165, 1.54) is 4.70 Å². The SMILES string of the molecule is Cc1ccnc(SC/C=C/CSc2nc3cc(Cl)ccc3s2)n1. The van der Waals surface area contributed by atoms with Crippen LogP contribution in [0, 0.1) is 6.92 Å². The lowest BCUT2D eigenvalue weighted by Crippen LogP contribution is -1.88. The molecular formula is C16H14ClN3S3. The maximum absolute atomic E-state index is 5.98. The summed E-state index contributed by atoms with van der Waals surface area (Å²) in [6, 6.07) is 7.74. The molecule has 23 heavy (non-hydrogen) atoms. The number of hydrogen-bond donors (Lipinski definition) is 0. The van der Waals surface area contributed by atoms with Crippen molar-refractivity contribution in [3.05, 3.63) is 53.3 Å². The third kappa shape index (κ3) is 4.94. The molecule has 0 saturated carbocycles. The monoisotopic (exact) mass is 379 g/mol. The first kappa shape index (κ1) is 16.8. The summed E-state index contributed by atoms with van der Waals surface area (Å²) in [4.78, 5) is 13.2. The van der Waals surface area contributed by atoms with Crippen LogP contribution in [0.3, 0.4) is 0 Å². The second-order valence-electron chi connectivity index (χ2n) is 4.67. The Balaban J connectivity index is 1.46. The van der Waals surface area contributed by atoms with Gasteiger partial charge in [-0.05, 0) is 31.2 Å². The van der Waals surface area contributed by atoms with E-state index in [1.54, 1.807) is 41.1 Å². The molecule has 0 radical (unpaired) electrons. The number of thiazole rings is 1. The molecule has 1 aromatic carbocycles. The molecule has 0 unspecified atom stereocenters. The van der Waals surface area contributed by atoms with E-state index in [9.17, 15) is 0 Å². The Kier molecular flexibility index (Phi) is 5.94. The lowest BCUT2D eigenvalue weighted by molar-refractivity contribution is 0.934. The van der Waals surface area contributed by atoms with E-state index in [0.29, 0.717) is 0 Å². The normalized spacial score (nSPS) is 11.6. The van der Waals surface area contributed by atoms with Crippen molar-refractivity contribution in [3.63, 3.8) is 0 Å². The predicted octanol–water partition coefficient (Wildman–Crippen LogP) is 5.49. The molecule has 3 nitrogen and oxygen atoms in total. The Bertz CT molecular complexity index is 832. The number of thioether (sulfide) groups is 2. The van der Waals surface area contributed by atoms with E-state index in [1.807, 2.05) is 31.2 Å². The smallest absolute Gasteiger partial charge is 0.188 e. The summed E-state index contributed by atoms with van der Waals surface area (Å²) < 4.78 is 2.25. The summed E-state index contributed by atoms with van der Waals surface area (Å²) in [6.07, 6.45) is 6.10. The highest BCUT2D eigenvalue weighted by atomic mass is 35.5. The minimum atomic E-state index is 0.731. The lowest BCUT2D eigenvalue weighted by Gasteiger charge is -1.97. The summed E-state index contributed by atoms with van der Waals surface area (Å²) in [5.41, 5.74) is 1.97. The highest BCUT2D eigenvalue weighted by Gasteiger charge is 2.04. The van der Waals surface area contributed by atoms with Gasteiger partial charge < -0.3 is 0 Å². The van der Waals surface area contributed by atoms with Gasteiger partial charge in [-0.1, -0.05) is 47.3 Å². The van der Waals surface area contributed by atoms with Crippen molar-refractivity contribution < 1.29 is 0 Å². The summed E-state index contributed by atoms with van der Waals surface area (Å²) in [5, 5.41) is 1.56. The number of nitrogens with zero attached hydrogens (tertiary/aromatic N) is 3. The van der Waals surface area contributed by atoms with Crippen LogP contribution in [-0.4, -0.2) is 26.5 Å². The molecule has 0 amide bonds. The van der Waals surface area contributed by atoms with Gasteiger partial charge in [0.15, 0.2) is 9.50 Å². The van der Waals surface area contributed by atoms with Crippen molar-refractivity contribution in [2.24, 2.45) is 0 Å². The average Bonchev–Trinajstić information content (AvgIpc) is 2.92. The molecule has 0 atom stereocenters. The van der Waals surface area contributed by atoms with Crippen LogP contribution in [0.25, 0.3) is 10.2 Å². The van der Waals surface area contributed by atoms with Gasteiger partial charge in [-0.3, -0.25) is 0 Å². The Morgan fingerprint density at radius 1 is 1.13 bits per heavy atom. The van der Waals surface area contributed by atoms with E-state index >= 15 is 0 Å². The fourth-order valence-corrected chi connectivity index (χ4v) is 4.63. The van der Waals surface area contributed by atoms with Crippen LogP contribution < -0.4 is 0 Å². The number of hydrogen-bond acceptors (Lipinski definition) is 6.